The molecule has 0 spiro atoms. The van der Waals surface area contributed by atoms with Crippen LogP contribution >= 0.6 is 0 Å². The zero-order valence-corrected chi connectivity index (χ0v) is 8.78. The third-order valence-corrected chi connectivity index (χ3v) is 3.06. The van der Waals surface area contributed by atoms with Gasteiger partial charge in [-0.3, -0.25) is 0 Å². The molecule has 0 aromatic rings. The lowest BCUT2D eigenvalue weighted by Gasteiger charge is -2.29. The Kier molecular flexibility index (Phi) is 3.13. The van der Waals surface area contributed by atoms with Crippen molar-refractivity contribution in [2.24, 2.45) is 11.3 Å². The molecular weight excluding hydrogens is 148 g/mol. The highest BCUT2D eigenvalue weighted by Crippen LogP contribution is 2.49. The second-order valence-corrected chi connectivity index (χ2v) is 4.40. The van der Waals surface area contributed by atoms with Crippen LogP contribution in [0.15, 0.2) is 0 Å². The van der Waals surface area contributed by atoms with Crippen LogP contribution in [-0.4, -0.2) is 26.7 Å². The molecule has 2 nitrogen and oxygen atoms in total. The third kappa shape index (κ3) is 1.80. The lowest BCUT2D eigenvalue weighted by molar-refractivity contribution is 0.271. The van der Waals surface area contributed by atoms with E-state index < -0.39 is 0 Å². The van der Waals surface area contributed by atoms with Crippen molar-refractivity contribution < 1.29 is 0 Å². The van der Waals surface area contributed by atoms with Gasteiger partial charge < -0.3 is 10.6 Å². The molecule has 0 bridgehead atoms. The van der Waals surface area contributed by atoms with Gasteiger partial charge in [0.25, 0.3) is 0 Å². The van der Waals surface area contributed by atoms with E-state index in [4.69, 9.17) is 0 Å². The molecule has 0 saturated heterocycles. The SMILES string of the molecule is CNCC1(C(NC)C(C)C)CC1. The molecule has 2 N–H and O–H groups in total. The Bertz CT molecular complexity index is 139. The Morgan fingerprint density at radius 1 is 1.25 bits per heavy atom. The van der Waals surface area contributed by atoms with E-state index in [0.717, 1.165) is 12.5 Å². The smallest absolute Gasteiger partial charge is 0.0156 e. The number of hydrogen-bond donors (Lipinski definition) is 2. The standard InChI is InChI=1S/C10H22N2/c1-8(2)9(12-4)10(5-6-10)7-11-3/h8-9,11-12H,5-7H2,1-4H3. The van der Waals surface area contributed by atoms with Crippen LogP contribution in [0.5, 0.6) is 0 Å². The number of rotatable bonds is 5. The third-order valence-electron chi connectivity index (χ3n) is 3.06. The largest absolute Gasteiger partial charge is 0.319 e. The predicted octanol–water partition coefficient (Wildman–Crippen LogP) is 1.23. The van der Waals surface area contributed by atoms with Gasteiger partial charge >= 0.3 is 0 Å². The molecule has 1 atom stereocenters. The van der Waals surface area contributed by atoms with Crippen molar-refractivity contribution in [3.63, 3.8) is 0 Å². The molecule has 1 fully saturated rings. The van der Waals surface area contributed by atoms with Crippen LogP contribution in [0.1, 0.15) is 26.7 Å². The zero-order chi connectivity index (χ0) is 9.19. The van der Waals surface area contributed by atoms with Crippen LogP contribution < -0.4 is 10.6 Å². The van der Waals surface area contributed by atoms with Crippen molar-refractivity contribution >= 4 is 0 Å². The maximum absolute atomic E-state index is 3.45. The number of nitrogens with one attached hydrogen (secondary N) is 2. The lowest BCUT2D eigenvalue weighted by Crippen LogP contribution is -2.43. The van der Waals surface area contributed by atoms with Crippen LogP contribution in [0.3, 0.4) is 0 Å². The molecule has 0 aliphatic heterocycles. The molecule has 2 heteroatoms. The summed E-state index contributed by atoms with van der Waals surface area (Å²) in [5, 5.41) is 6.75. The summed E-state index contributed by atoms with van der Waals surface area (Å²) in [6.07, 6.45) is 2.77. The van der Waals surface area contributed by atoms with Gasteiger partial charge in [0, 0.05) is 12.6 Å². The van der Waals surface area contributed by atoms with Crippen LogP contribution in [0.25, 0.3) is 0 Å². The molecule has 0 aromatic carbocycles. The summed E-state index contributed by atoms with van der Waals surface area (Å²) in [4.78, 5) is 0. The Morgan fingerprint density at radius 2 is 1.83 bits per heavy atom. The summed E-state index contributed by atoms with van der Waals surface area (Å²) >= 11 is 0. The second kappa shape index (κ2) is 3.75. The summed E-state index contributed by atoms with van der Waals surface area (Å²) in [6, 6.07) is 0.685. The molecule has 72 valence electrons. The highest BCUT2D eigenvalue weighted by molar-refractivity contribution is 5.04. The van der Waals surface area contributed by atoms with Gasteiger partial charge in [0.1, 0.15) is 0 Å². The van der Waals surface area contributed by atoms with Crippen molar-refractivity contribution in [3.8, 4) is 0 Å². The molecule has 0 radical (unpaired) electrons. The molecule has 1 rings (SSSR count). The monoisotopic (exact) mass is 170 g/mol. The molecule has 0 heterocycles. The van der Waals surface area contributed by atoms with E-state index in [1.807, 2.05) is 7.05 Å². The van der Waals surface area contributed by atoms with E-state index in [-0.39, 0.29) is 0 Å². The molecule has 1 unspecified atom stereocenters. The normalized spacial score (nSPS) is 22.8. The summed E-state index contributed by atoms with van der Waals surface area (Å²) in [5.74, 6) is 0.742. The van der Waals surface area contributed by atoms with E-state index in [2.05, 4.69) is 31.5 Å². The summed E-state index contributed by atoms with van der Waals surface area (Å²) in [6.45, 7) is 5.77. The van der Waals surface area contributed by atoms with Crippen molar-refractivity contribution in [1.29, 1.82) is 0 Å². The van der Waals surface area contributed by atoms with Crippen molar-refractivity contribution in [2.75, 3.05) is 20.6 Å². The molecule has 12 heavy (non-hydrogen) atoms. The van der Waals surface area contributed by atoms with E-state index in [1.165, 1.54) is 12.8 Å². The molecule has 0 amide bonds. The summed E-state index contributed by atoms with van der Waals surface area (Å²) in [7, 11) is 4.13. The van der Waals surface area contributed by atoms with Gasteiger partial charge in [-0.15, -0.1) is 0 Å². The van der Waals surface area contributed by atoms with Gasteiger partial charge in [-0.05, 0) is 38.3 Å². The van der Waals surface area contributed by atoms with E-state index >= 15 is 0 Å². The average Bonchev–Trinajstić information content (AvgIpc) is 2.71. The van der Waals surface area contributed by atoms with Crippen molar-refractivity contribution in [2.45, 2.75) is 32.7 Å². The fourth-order valence-electron chi connectivity index (χ4n) is 2.46. The lowest BCUT2D eigenvalue weighted by atomic mass is 9.87. The maximum Gasteiger partial charge on any atom is 0.0156 e. The van der Waals surface area contributed by atoms with Gasteiger partial charge in [-0.2, -0.15) is 0 Å². The highest BCUT2D eigenvalue weighted by atomic mass is 15.0. The Balaban J connectivity index is 2.52. The summed E-state index contributed by atoms with van der Waals surface area (Å²) < 4.78 is 0. The van der Waals surface area contributed by atoms with E-state index in [9.17, 15) is 0 Å². The first kappa shape index (κ1) is 10.0. The predicted molar refractivity (Wildman–Crippen MR) is 53.3 cm³/mol. The zero-order valence-electron chi connectivity index (χ0n) is 8.78. The van der Waals surface area contributed by atoms with Crippen LogP contribution in [-0.2, 0) is 0 Å². The van der Waals surface area contributed by atoms with Crippen molar-refractivity contribution in [1.82, 2.24) is 10.6 Å². The number of hydrogen-bond acceptors (Lipinski definition) is 2. The first-order valence-corrected chi connectivity index (χ1v) is 4.98. The average molecular weight is 170 g/mol. The van der Waals surface area contributed by atoms with Gasteiger partial charge in [0.2, 0.25) is 0 Å². The fourth-order valence-corrected chi connectivity index (χ4v) is 2.46. The minimum Gasteiger partial charge on any atom is -0.319 e. The topological polar surface area (TPSA) is 24.1 Å². The first-order chi connectivity index (χ1) is 5.66. The Morgan fingerprint density at radius 3 is 2.08 bits per heavy atom. The molecular formula is C10H22N2. The maximum atomic E-state index is 3.45. The summed E-state index contributed by atoms with van der Waals surface area (Å²) in [5.41, 5.74) is 0.567. The Labute approximate surface area is 76.1 Å². The highest BCUT2D eigenvalue weighted by Gasteiger charge is 2.48. The van der Waals surface area contributed by atoms with Crippen LogP contribution in [0, 0.1) is 11.3 Å². The van der Waals surface area contributed by atoms with Crippen molar-refractivity contribution in [3.05, 3.63) is 0 Å². The Hall–Kier alpha value is -0.0800. The molecule has 1 saturated carbocycles. The first-order valence-electron chi connectivity index (χ1n) is 4.98. The van der Waals surface area contributed by atoms with E-state index in [0.29, 0.717) is 11.5 Å². The minimum atomic E-state index is 0.567. The van der Waals surface area contributed by atoms with Gasteiger partial charge in [-0.25, -0.2) is 0 Å². The van der Waals surface area contributed by atoms with Gasteiger partial charge in [0.05, 0.1) is 0 Å². The fraction of sp³-hybridized carbons (Fsp3) is 1.00. The van der Waals surface area contributed by atoms with Gasteiger partial charge in [-0.1, -0.05) is 13.8 Å². The van der Waals surface area contributed by atoms with Crippen LogP contribution in [0.2, 0.25) is 0 Å². The molecule has 0 aromatic heterocycles. The molecule has 1 aliphatic carbocycles. The minimum absolute atomic E-state index is 0.567. The second-order valence-electron chi connectivity index (χ2n) is 4.40. The van der Waals surface area contributed by atoms with Crippen LogP contribution in [0.4, 0.5) is 0 Å². The van der Waals surface area contributed by atoms with Gasteiger partial charge in [0.15, 0.2) is 0 Å². The van der Waals surface area contributed by atoms with E-state index in [1.54, 1.807) is 0 Å². The quantitative estimate of drug-likeness (QED) is 0.648. The molecule has 1 aliphatic rings.